The smallest absolute Gasteiger partial charge is 0.174 e. The van der Waals surface area contributed by atoms with Gasteiger partial charge in [0.05, 0.1) is 11.7 Å². The van der Waals surface area contributed by atoms with Crippen molar-refractivity contribution in [1.82, 2.24) is 19.9 Å². The standard InChI is InChI=1S/C30H25N5OS/c37-30-33-28(26-11-4-5-18-32-26)29(27-12-7-19-34(27)21-22-8-6-17-31-20-22)35(30)23-13-15-25(16-14-23)36-24-9-2-1-3-10-24/h1-20,28-29H,21H2,(H,33,37). The maximum atomic E-state index is 6.01. The van der Waals surface area contributed by atoms with Gasteiger partial charge in [-0.25, -0.2) is 0 Å². The van der Waals surface area contributed by atoms with Crippen LogP contribution in [-0.4, -0.2) is 19.6 Å². The predicted molar refractivity (Wildman–Crippen MR) is 149 cm³/mol. The van der Waals surface area contributed by atoms with E-state index in [1.807, 2.05) is 79.1 Å². The summed E-state index contributed by atoms with van der Waals surface area (Å²) in [5.74, 6) is 1.57. The van der Waals surface area contributed by atoms with E-state index in [2.05, 4.69) is 61.3 Å². The maximum absolute atomic E-state index is 6.01. The first-order valence-electron chi connectivity index (χ1n) is 12.1. The minimum Gasteiger partial charge on any atom is -0.457 e. The summed E-state index contributed by atoms with van der Waals surface area (Å²) in [6.45, 7) is 0.714. The number of para-hydroxylation sites is 1. The zero-order chi connectivity index (χ0) is 25.0. The number of ether oxygens (including phenoxy) is 1. The molecule has 1 fully saturated rings. The lowest BCUT2D eigenvalue weighted by Crippen LogP contribution is -2.30. The van der Waals surface area contributed by atoms with Gasteiger partial charge in [0, 0.05) is 42.7 Å². The van der Waals surface area contributed by atoms with Gasteiger partial charge in [-0.15, -0.1) is 0 Å². The number of nitrogens with one attached hydrogen (secondary N) is 1. The van der Waals surface area contributed by atoms with Crippen molar-refractivity contribution in [1.29, 1.82) is 0 Å². The highest BCUT2D eigenvalue weighted by Gasteiger charge is 2.42. The first-order valence-corrected chi connectivity index (χ1v) is 12.5. The van der Waals surface area contributed by atoms with E-state index in [9.17, 15) is 0 Å². The summed E-state index contributed by atoms with van der Waals surface area (Å²) < 4.78 is 8.27. The zero-order valence-electron chi connectivity index (χ0n) is 20.0. The highest BCUT2D eigenvalue weighted by atomic mass is 32.1. The quantitative estimate of drug-likeness (QED) is 0.263. The minimum atomic E-state index is -0.114. The van der Waals surface area contributed by atoms with Gasteiger partial charge in [-0.1, -0.05) is 30.3 Å². The highest BCUT2D eigenvalue weighted by Crippen LogP contribution is 2.42. The molecule has 0 aliphatic carbocycles. The van der Waals surface area contributed by atoms with Crippen molar-refractivity contribution < 1.29 is 4.74 Å². The van der Waals surface area contributed by atoms with Crippen LogP contribution >= 0.6 is 12.2 Å². The molecule has 1 aliphatic rings. The summed E-state index contributed by atoms with van der Waals surface area (Å²) in [7, 11) is 0. The Hall–Kier alpha value is -4.49. The number of benzene rings is 2. The summed E-state index contributed by atoms with van der Waals surface area (Å²) in [4.78, 5) is 11.1. The summed E-state index contributed by atoms with van der Waals surface area (Å²) in [5, 5.41) is 4.20. The zero-order valence-corrected chi connectivity index (χ0v) is 20.8. The lowest BCUT2D eigenvalue weighted by molar-refractivity contribution is 0.482. The van der Waals surface area contributed by atoms with Crippen molar-refractivity contribution in [2.45, 2.75) is 18.6 Å². The van der Waals surface area contributed by atoms with Crippen LogP contribution in [0.1, 0.15) is 29.0 Å². The van der Waals surface area contributed by atoms with Crippen LogP contribution in [-0.2, 0) is 6.54 Å². The van der Waals surface area contributed by atoms with Gasteiger partial charge >= 0.3 is 0 Å². The van der Waals surface area contributed by atoms with Crippen LogP contribution in [0.2, 0.25) is 0 Å². The van der Waals surface area contributed by atoms with Gasteiger partial charge in [0.2, 0.25) is 0 Å². The molecule has 6 nitrogen and oxygen atoms in total. The number of hydrogen-bond acceptors (Lipinski definition) is 4. The third kappa shape index (κ3) is 4.81. The van der Waals surface area contributed by atoms with Crippen molar-refractivity contribution in [3.63, 3.8) is 0 Å². The normalized spacial score (nSPS) is 17.0. The van der Waals surface area contributed by atoms with Crippen LogP contribution in [0.25, 0.3) is 0 Å². The fraction of sp³-hybridized carbons (Fsp3) is 0.100. The molecule has 1 N–H and O–H groups in total. The van der Waals surface area contributed by atoms with E-state index in [0.29, 0.717) is 11.7 Å². The van der Waals surface area contributed by atoms with Crippen molar-refractivity contribution in [2.75, 3.05) is 4.90 Å². The molecule has 0 spiro atoms. The second kappa shape index (κ2) is 10.2. The van der Waals surface area contributed by atoms with Crippen molar-refractivity contribution in [2.24, 2.45) is 0 Å². The molecular weight excluding hydrogens is 478 g/mol. The molecule has 6 rings (SSSR count). The molecular formula is C30H25N5OS. The molecule has 4 heterocycles. The van der Waals surface area contributed by atoms with E-state index in [4.69, 9.17) is 17.0 Å². The van der Waals surface area contributed by atoms with E-state index >= 15 is 0 Å². The van der Waals surface area contributed by atoms with Crippen molar-refractivity contribution >= 4 is 23.0 Å². The average Bonchev–Trinajstić information content (AvgIpc) is 3.54. The number of rotatable bonds is 7. The number of nitrogens with zero attached hydrogens (tertiary/aromatic N) is 4. The van der Waals surface area contributed by atoms with Gasteiger partial charge in [-0.3, -0.25) is 9.97 Å². The van der Waals surface area contributed by atoms with Crippen LogP contribution in [0.5, 0.6) is 11.5 Å². The lowest BCUT2D eigenvalue weighted by atomic mass is 10.0. The predicted octanol–water partition coefficient (Wildman–Crippen LogP) is 6.30. The molecule has 182 valence electrons. The van der Waals surface area contributed by atoms with Crippen molar-refractivity contribution in [3.8, 4) is 11.5 Å². The molecule has 3 aromatic heterocycles. The summed E-state index contributed by atoms with van der Waals surface area (Å²) in [5.41, 5.74) is 4.19. The van der Waals surface area contributed by atoms with E-state index in [1.54, 1.807) is 6.20 Å². The van der Waals surface area contributed by atoms with Gasteiger partial charge in [-0.2, -0.15) is 0 Å². The Morgan fingerprint density at radius 1 is 0.811 bits per heavy atom. The highest BCUT2D eigenvalue weighted by molar-refractivity contribution is 7.80. The van der Waals surface area contributed by atoms with Crippen LogP contribution in [0.15, 0.2) is 122 Å². The Kier molecular flexibility index (Phi) is 6.35. The number of thiocarbonyl (C=S) groups is 1. The largest absolute Gasteiger partial charge is 0.457 e. The first-order chi connectivity index (χ1) is 18.3. The summed E-state index contributed by atoms with van der Waals surface area (Å²) in [6.07, 6.45) is 7.63. The third-order valence-electron chi connectivity index (χ3n) is 6.44. The summed E-state index contributed by atoms with van der Waals surface area (Å²) >= 11 is 5.90. The number of hydrogen-bond donors (Lipinski definition) is 1. The van der Waals surface area contributed by atoms with Crippen LogP contribution in [0, 0.1) is 0 Å². The van der Waals surface area contributed by atoms with E-state index in [1.165, 1.54) is 0 Å². The molecule has 5 aromatic rings. The number of pyridine rings is 2. The fourth-order valence-corrected chi connectivity index (χ4v) is 5.11. The Bertz CT molecular complexity index is 1470. The summed E-state index contributed by atoms with van der Waals surface area (Å²) in [6, 6.07) is 31.9. The molecule has 37 heavy (non-hydrogen) atoms. The minimum absolute atomic E-state index is 0.102. The molecule has 0 saturated carbocycles. The van der Waals surface area contributed by atoms with Gasteiger partial charge < -0.3 is 19.5 Å². The second-order valence-corrected chi connectivity index (χ2v) is 9.21. The molecule has 0 radical (unpaired) electrons. The van der Waals surface area contributed by atoms with Crippen LogP contribution in [0.4, 0.5) is 5.69 Å². The molecule has 0 amide bonds. The number of aromatic nitrogens is 3. The Balaban J connectivity index is 1.36. The molecule has 2 atom stereocenters. The van der Waals surface area contributed by atoms with E-state index in [0.717, 1.165) is 34.1 Å². The molecule has 2 unspecified atom stereocenters. The van der Waals surface area contributed by atoms with Crippen LogP contribution in [0.3, 0.4) is 0 Å². The Morgan fingerprint density at radius 3 is 2.38 bits per heavy atom. The number of anilines is 1. The van der Waals surface area contributed by atoms with Crippen molar-refractivity contribution in [3.05, 3.63) is 139 Å². The molecule has 0 bridgehead atoms. The molecule has 2 aromatic carbocycles. The lowest BCUT2D eigenvalue weighted by Gasteiger charge is -2.29. The van der Waals surface area contributed by atoms with Gasteiger partial charge in [0.1, 0.15) is 17.5 Å². The van der Waals surface area contributed by atoms with Gasteiger partial charge in [0.15, 0.2) is 5.11 Å². The molecule has 1 aliphatic heterocycles. The maximum Gasteiger partial charge on any atom is 0.174 e. The fourth-order valence-electron chi connectivity index (χ4n) is 4.76. The van der Waals surface area contributed by atoms with Gasteiger partial charge in [-0.05, 0) is 84.5 Å². The average molecular weight is 504 g/mol. The molecule has 1 saturated heterocycles. The molecule has 7 heteroatoms. The monoisotopic (exact) mass is 503 g/mol. The van der Waals surface area contributed by atoms with Gasteiger partial charge in [0.25, 0.3) is 0 Å². The topological polar surface area (TPSA) is 55.2 Å². The Labute approximate surface area is 221 Å². The van der Waals surface area contributed by atoms with Crippen LogP contribution < -0.4 is 15.0 Å². The SMILES string of the molecule is S=C1NC(c2ccccn2)C(c2cccn2Cc2cccnc2)N1c1ccc(Oc2ccccc2)cc1. The third-order valence-corrected chi connectivity index (χ3v) is 6.75. The first kappa shape index (κ1) is 22.9. The second-order valence-electron chi connectivity index (χ2n) is 8.83. The van der Waals surface area contributed by atoms with E-state index in [-0.39, 0.29) is 12.1 Å². The Morgan fingerprint density at radius 2 is 1.62 bits per heavy atom. The van der Waals surface area contributed by atoms with E-state index < -0.39 is 0 Å².